The molecule has 0 N–H and O–H groups in total. The number of hydrogen-bond donors (Lipinski definition) is 0. The molecule has 1 saturated heterocycles. The van der Waals surface area contributed by atoms with Crippen molar-refractivity contribution >= 4 is 0 Å². The minimum Gasteiger partial charge on any atom is -0.302 e. The van der Waals surface area contributed by atoms with Gasteiger partial charge in [0.25, 0.3) is 0 Å². The summed E-state index contributed by atoms with van der Waals surface area (Å²) in [6, 6.07) is 0. The van der Waals surface area contributed by atoms with E-state index in [4.69, 9.17) is 0 Å². The van der Waals surface area contributed by atoms with Crippen molar-refractivity contribution in [2.75, 3.05) is 19.6 Å². The van der Waals surface area contributed by atoms with Crippen molar-refractivity contribution in [1.29, 1.82) is 0 Å². The SMILES string of the molecule is CC#CCCN1CCCCCCC1. The lowest BCUT2D eigenvalue weighted by Crippen LogP contribution is -2.28. The van der Waals surface area contributed by atoms with Crippen molar-refractivity contribution in [2.24, 2.45) is 0 Å². The van der Waals surface area contributed by atoms with E-state index in [0.717, 1.165) is 6.42 Å². The van der Waals surface area contributed by atoms with Crippen LogP contribution in [-0.4, -0.2) is 24.5 Å². The molecule has 0 spiro atoms. The van der Waals surface area contributed by atoms with Crippen molar-refractivity contribution in [3.8, 4) is 11.8 Å². The Kier molecular flexibility index (Phi) is 5.69. The van der Waals surface area contributed by atoms with Crippen LogP contribution in [0.15, 0.2) is 0 Å². The summed E-state index contributed by atoms with van der Waals surface area (Å²) in [4.78, 5) is 2.57. The largest absolute Gasteiger partial charge is 0.302 e. The summed E-state index contributed by atoms with van der Waals surface area (Å²) in [6.07, 6.45) is 8.13. The molecule has 0 bridgehead atoms. The van der Waals surface area contributed by atoms with Gasteiger partial charge in [0.05, 0.1) is 0 Å². The van der Waals surface area contributed by atoms with Gasteiger partial charge in [-0.05, 0) is 32.9 Å². The molecule has 13 heavy (non-hydrogen) atoms. The second-order valence-electron chi connectivity index (χ2n) is 3.79. The number of nitrogens with zero attached hydrogens (tertiary/aromatic N) is 1. The van der Waals surface area contributed by atoms with Crippen molar-refractivity contribution < 1.29 is 0 Å². The van der Waals surface area contributed by atoms with Crippen molar-refractivity contribution in [1.82, 2.24) is 4.90 Å². The molecule has 1 heterocycles. The Bertz CT molecular complexity index is 167. The lowest BCUT2D eigenvalue weighted by molar-refractivity contribution is 0.253. The topological polar surface area (TPSA) is 3.24 Å². The van der Waals surface area contributed by atoms with Crippen LogP contribution in [0.2, 0.25) is 0 Å². The molecule has 0 unspecified atom stereocenters. The molecule has 0 atom stereocenters. The monoisotopic (exact) mass is 179 g/mol. The first-order valence-corrected chi connectivity index (χ1v) is 5.55. The van der Waals surface area contributed by atoms with E-state index in [9.17, 15) is 0 Å². The maximum absolute atomic E-state index is 3.14. The van der Waals surface area contributed by atoms with Crippen molar-refractivity contribution in [2.45, 2.75) is 45.4 Å². The Balaban J connectivity index is 2.16. The van der Waals surface area contributed by atoms with Gasteiger partial charge in [0, 0.05) is 13.0 Å². The normalized spacial score (nSPS) is 19.8. The second-order valence-corrected chi connectivity index (χ2v) is 3.79. The van der Waals surface area contributed by atoms with Crippen molar-refractivity contribution in [3.63, 3.8) is 0 Å². The summed E-state index contributed by atoms with van der Waals surface area (Å²) in [5, 5.41) is 0. The first-order valence-electron chi connectivity index (χ1n) is 5.55. The van der Waals surface area contributed by atoms with Gasteiger partial charge in [0.2, 0.25) is 0 Å². The van der Waals surface area contributed by atoms with Crippen LogP contribution in [0.1, 0.15) is 45.4 Å². The molecule has 1 aliphatic rings. The molecule has 0 amide bonds. The first-order chi connectivity index (χ1) is 6.43. The van der Waals surface area contributed by atoms with Gasteiger partial charge in [-0.1, -0.05) is 19.3 Å². The van der Waals surface area contributed by atoms with Crippen LogP contribution >= 0.6 is 0 Å². The summed E-state index contributed by atoms with van der Waals surface area (Å²) in [7, 11) is 0. The van der Waals surface area contributed by atoms with Crippen LogP contribution in [0.5, 0.6) is 0 Å². The third-order valence-corrected chi connectivity index (χ3v) is 2.68. The van der Waals surface area contributed by atoms with E-state index >= 15 is 0 Å². The zero-order valence-corrected chi connectivity index (χ0v) is 8.81. The Morgan fingerprint density at radius 1 is 1.00 bits per heavy atom. The van der Waals surface area contributed by atoms with Gasteiger partial charge >= 0.3 is 0 Å². The molecular formula is C12H21N. The minimum atomic E-state index is 1.05. The fourth-order valence-electron chi connectivity index (χ4n) is 1.88. The van der Waals surface area contributed by atoms with Crippen LogP contribution in [0, 0.1) is 11.8 Å². The van der Waals surface area contributed by atoms with Crippen LogP contribution < -0.4 is 0 Å². The smallest absolute Gasteiger partial charge is 0.0216 e. The average molecular weight is 179 g/mol. The molecule has 0 aromatic carbocycles. The molecular weight excluding hydrogens is 158 g/mol. The second kappa shape index (κ2) is 6.97. The van der Waals surface area contributed by atoms with Crippen LogP contribution in [0.25, 0.3) is 0 Å². The highest BCUT2D eigenvalue weighted by Crippen LogP contribution is 2.10. The van der Waals surface area contributed by atoms with Gasteiger partial charge < -0.3 is 4.90 Å². The zero-order chi connectivity index (χ0) is 9.36. The lowest BCUT2D eigenvalue weighted by atomic mass is 10.1. The van der Waals surface area contributed by atoms with E-state index in [0.29, 0.717) is 0 Å². The third-order valence-electron chi connectivity index (χ3n) is 2.68. The minimum absolute atomic E-state index is 1.05. The van der Waals surface area contributed by atoms with Gasteiger partial charge in [-0.2, -0.15) is 0 Å². The van der Waals surface area contributed by atoms with Gasteiger partial charge in [-0.25, -0.2) is 0 Å². The lowest BCUT2D eigenvalue weighted by Gasteiger charge is -2.23. The average Bonchev–Trinajstić information content (AvgIpc) is 2.08. The summed E-state index contributed by atoms with van der Waals surface area (Å²) in [5.74, 6) is 6.10. The fourth-order valence-corrected chi connectivity index (χ4v) is 1.88. The maximum atomic E-state index is 3.14. The maximum Gasteiger partial charge on any atom is 0.0216 e. The molecule has 1 heteroatoms. The van der Waals surface area contributed by atoms with Gasteiger partial charge in [-0.15, -0.1) is 11.8 Å². The highest BCUT2D eigenvalue weighted by molar-refractivity contribution is 4.95. The number of rotatable bonds is 2. The Morgan fingerprint density at radius 3 is 2.23 bits per heavy atom. The predicted molar refractivity (Wildman–Crippen MR) is 57.6 cm³/mol. The Labute approximate surface area is 82.5 Å². The quantitative estimate of drug-likeness (QED) is 0.589. The summed E-state index contributed by atoms with van der Waals surface area (Å²) in [6.45, 7) is 5.70. The molecule has 0 aromatic rings. The molecule has 0 radical (unpaired) electrons. The standard InChI is InChI=1S/C12H21N/c1-2-3-7-10-13-11-8-5-4-6-9-12-13/h4-12H2,1H3. The molecule has 1 rings (SSSR count). The molecule has 1 fully saturated rings. The van der Waals surface area contributed by atoms with E-state index < -0.39 is 0 Å². The van der Waals surface area contributed by atoms with E-state index in [1.165, 1.54) is 51.7 Å². The number of likely N-dealkylation sites (tertiary alicyclic amines) is 1. The van der Waals surface area contributed by atoms with E-state index in [2.05, 4.69) is 16.7 Å². The third kappa shape index (κ3) is 4.95. The number of hydrogen-bond acceptors (Lipinski definition) is 1. The summed E-state index contributed by atoms with van der Waals surface area (Å²) in [5.41, 5.74) is 0. The van der Waals surface area contributed by atoms with E-state index in [1.807, 2.05) is 6.92 Å². The van der Waals surface area contributed by atoms with Gasteiger partial charge in [0.15, 0.2) is 0 Å². The van der Waals surface area contributed by atoms with Crippen LogP contribution in [-0.2, 0) is 0 Å². The van der Waals surface area contributed by atoms with Gasteiger partial charge in [-0.3, -0.25) is 0 Å². The Hall–Kier alpha value is -0.480. The van der Waals surface area contributed by atoms with E-state index in [-0.39, 0.29) is 0 Å². The summed E-state index contributed by atoms with van der Waals surface area (Å²) < 4.78 is 0. The highest BCUT2D eigenvalue weighted by Gasteiger charge is 2.06. The predicted octanol–water partition coefficient (Wildman–Crippen LogP) is 2.67. The highest BCUT2D eigenvalue weighted by atomic mass is 15.1. The summed E-state index contributed by atoms with van der Waals surface area (Å²) >= 11 is 0. The first kappa shape index (κ1) is 10.6. The van der Waals surface area contributed by atoms with Crippen LogP contribution in [0.3, 0.4) is 0 Å². The zero-order valence-electron chi connectivity index (χ0n) is 8.81. The molecule has 1 nitrogen and oxygen atoms in total. The molecule has 1 aliphatic heterocycles. The molecule has 0 aromatic heterocycles. The van der Waals surface area contributed by atoms with Crippen molar-refractivity contribution in [3.05, 3.63) is 0 Å². The molecule has 0 saturated carbocycles. The van der Waals surface area contributed by atoms with E-state index in [1.54, 1.807) is 0 Å². The Morgan fingerprint density at radius 2 is 1.62 bits per heavy atom. The molecule has 0 aliphatic carbocycles. The van der Waals surface area contributed by atoms with Gasteiger partial charge in [0.1, 0.15) is 0 Å². The fraction of sp³-hybridized carbons (Fsp3) is 0.833. The molecule has 74 valence electrons. The van der Waals surface area contributed by atoms with Crippen LogP contribution in [0.4, 0.5) is 0 Å².